The molecule has 0 amide bonds. The zero-order valence-electron chi connectivity index (χ0n) is 10.0. The Labute approximate surface area is 88.2 Å². The third kappa shape index (κ3) is 9.96. The number of rotatable bonds is 9. The lowest BCUT2D eigenvalue weighted by Gasteiger charge is -2.13. The Balaban J connectivity index is 3.10. The monoisotopic (exact) mass is 203 g/mol. The SMILES string of the molecule is CCOCC(C)OCCCNC(C)C. The highest BCUT2D eigenvalue weighted by molar-refractivity contribution is 4.53. The second kappa shape index (κ2) is 9.44. The smallest absolute Gasteiger partial charge is 0.0780 e. The largest absolute Gasteiger partial charge is 0.379 e. The maximum Gasteiger partial charge on any atom is 0.0780 e. The molecule has 1 unspecified atom stereocenters. The molecule has 0 radical (unpaired) electrons. The molecule has 3 heteroatoms. The Morgan fingerprint density at radius 1 is 1.21 bits per heavy atom. The van der Waals surface area contributed by atoms with Crippen molar-refractivity contribution in [1.82, 2.24) is 5.32 Å². The van der Waals surface area contributed by atoms with Crippen LogP contribution in [-0.2, 0) is 9.47 Å². The maximum absolute atomic E-state index is 5.56. The summed E-state index contributed by atoms with van der Waals surface area (Å²) in [6.07, 6.45) is 1.28. The Bertz CT molecular complexity index is 118. The van der Waals surface area contributed by atoms with Crippen LogP contribution in [0.3, 0.4) is 0 Å². The topological polar surface area (TPSA) is 30.5 Å². The molecule has 14 heavy (non-hydrogen) atoms. The predicted molar refractivity (Wildman–Crippen MR) is 59.7 cm³/mol. The van der Waals surface area contributed by atoms with Crippen LogP contribution in [0.4, 0.5) is 0 Å². The summed E-state index contributed by atoms with van der Waals surface area (Å²) < 4.78 is 10.8. The van der Waals surface area contributed by atoms with Crippen molar-refractivity contribution in [3.63, 3.8) is 0 Å². The van der Waals surface area contributed by atoms with Crippen LogP contribution in [0.15, 0.2) is 0 Å². The maximum atomic E-state index is 5.56. The fourth-order valence-electron chi connectivity index (χ4n) is 1.08. The number of ether oxygens (including phenoxy) is 2. The minimum Gasteiger partial charge on any atom is -0.379 e. The van der Waals surface area contributed by atoms with E-state index < -0.39 is 0 Å². The predicted octanol–water partition coefficient (Wildman–Crippen LogP) is 1.82. The zero-order valence-corrected chi connectivity index (χ0v) is 10.0. The molecular formula is C11H25NO2. The summed E-state index contributed by atoms with van der Waals surface area (Å²) in [7, 11) is 0. The molecule has 0 bridgehead atoms. The molecule has 0 heterocycles. The second-order valence-electron chi connectivity index (χ2n) is 3.80. The van der Waals surface area contributed by atoms with Crippen LogP contribution < -0.4 is 5.32 Å². The van der Waals surface area contributed by atoms with Gasteiger partial charge in [-0.15, -0.1) is 0 Å². The lowest BCUT2D eigenvalue weighted by molar-refractivity contribution is -0.00400. The number of hydrogen-bond acceptors (Lipinski definition) is 3. The summed E-state index contributed by atoms with van der Waals surface area (Å²) in [5.74, 6) is 0. The molecule has 86 valence electrons. The van der Waals surface area contributed by atoms with Gasteiger partial charge in [0.15, 0.2) is 0 Å². The van der Waals surface area contributed by atoms with Gasteiger partial charge in [-0.05, 0) is 26.8 Å². The highest BCUT2D eigenvalue weighted by Gasteiger charge is 2.00. The van der Waals surface area contributed by atoms with Gasteiger partial charge in [-0.3, -0.25) is 0 Å². The normalized spacial score (nSPS) is 13.5. The molecule has 0 spiro atoms. The summed E-state index contributed by atoms with van der Waals surface area (Å²) in [5.41, 5.74) is 0. The molecular weight excluding hydrogens is 178 g/mol. The van der Waals surface area contributed by atoms with E-state index in [2.05, 4.69) is 19.2 Å². The molecule has 0 aliphatic heterocycles. The van der Waals surface area contributed by atoms with E-state index in [0.717, 1.165) is 26.2 Å². The van der Waals surface area contributed by atoms with Gasteiger partial charge in [-0.2, -0.15) is 0 Å². The van der Waals surface area contributed by atoms with E-state index in [1.807, 2.05) is 13.8 Å². The van der Waals surface area contributed by atoms with Crippen LogP contribution in [0.5, 0.6) is 0 Å². The van der Waals surface area contributed by atoms with Gasteiger partial charge in [0.05, 0.1) is 12.7 Å². The molecule has 0 aromatic carbocycles. The lowest BCUT2D eigenvalue weighted by Crippen LogP contribution is -2.25. The van der Waals surface area contributed by atoms with E-state index in [9.17, 15) is 0 Å². The van der Waals surface area contributed by atoms with Crippen molar-refractivity contribution in [3.8, 4) is 0 Å². The average Bonchev–Trinajstić information content (AvgIpc) is 2.13. The summed E-state index contributed by atoms with van der Waals surface area (Å²) >= 11 is 0. The molecule has 0 aromatic rings. The van der Waals surface area contributed by atoms with Crippen LogP contribution in [0.2, 0.25) is 0 Å². The van der Waals surface area contributed by atoms with Crippen molar-refractivity contribution in [3.05, 3.63) is 0 Å². The standard InChI is InChI=1S/C11H25NO2/c1-5-13-9-11(4)14-8-6-7-12-10(2)3/h10-12H,5-9H2,1-4H3. The first-order valence-corrected chi connectivity index (χ1v) is 5.59. The fourth-order valence-corrected chi connectivity index (χ4v) is 1.08. The molecule has 1 N–H and O–H groups in total. The van der Waals surface area contributed by atoms with Gasteiger partial charge in [-0.25, -0.2) is 0 Å². The summed E-state index contributed by atoms with van der Waals surface area (Å²) in [6.45, 7) is 11.7. The molecule has 0 aliphatic rings. The van der Waals surface area contributed by atoms with Crippen LogP contribution in [-0.4, -0.2) is 38.5 Å². The second-order valence-corrected chi connectivity index (χ2v) is 3.80. The van der Waals surface area contributed by atoms with E-state index in [1.54, 1.807) is 0 Å². The molecule has 0 saturated carbocycles. The summed E-state index contributed by atoms with van der Waals surface area (Å²) in [5, 5.41) is 3.35. The molecule has 0 aliphatic carbocycles. The van der Waals surface area contributed by atoms with Gasteiger partial charge >= 0.3 is 0 Å². The summed E-state index contributed by atoms with van der Waals surface area (Å²) in [6, 6.07) is 0.566. The Kier molecular flexibility index (Phi) is 9.35. The van der Waals surface area contributed by atoms with Crippen molar-refractivity contribution >= 4 is 0 Å². The van der Waals surface area contributed by atoms with E-state index >= 15 is 0 Å². The van der Waals surface area contributed by atoms with Crippen molar-refractivity contribution < 1.29 is 9.47 Å². The molecule has 1 atom stereocenters. The van der Waals surface area contributed by atoms with Crippen LogP contribution in [0.1, 0.15) is 34.1 Å². The Hall–Kier alpha value is -0.120. The van der Waals surface area contributed by atoms with Gasteiger partial charge in [0.2, 0.25) is 0 Å². The zero-order chi connectivity index (χ0) is 10.8. The van der Waals surface area contributed by atoms with Crippen molar-refractivity contribution in [2.45, 2.75) is 46.3 Å². The third-order valence-corrected chi connectivity index (χ3v) is 1.83. The van der Waals surface area contributed by atoms with Crippen molar-refractivity contribution in [1.29, 1.82) is 0 Å². The molecule has 3 nitrogen and oxygen atoms in total. The van der Waals surface area contributed by atoms with E-state index in [1.165, 1.54) is 0 Å². The van der Waals surface area contributed by atoms with Gasteiger partial charge in [0.25, 0.3) is 0 Å². The van der Waals surface area contributed by atoms with Crippen molar-refractivity contribution in [2.24, 2.45) is 0 Å². The minimum absolute atomic E-state index is 0.217. The summed E-state index contributed by atoms with van der Waals surface area (Å²) in [4.78, 5) is 0. The number of nitrogens with one attached hydrogen (secondary N) is 1. The Morgan fingerprint density at radius 3 is 2.50 bits per heavy atom. The van der Waals surface area contributed by atoms with Gasteiger partial charge in [0, 0.05) is 19.3 Å². The van der Waals surface area contributed by atoms with Gasteiger partial charge in [0.1, 0.15) is 0 Å². The van der Waals surface area contributed by atoms with E-state index in [-0.39, 0.29) is 6.10 Å². The first kappa shape index (κ1) is 13.9. The van der Waals surface area contributed by atoms with Crippen LogP contribution in [0.25, 0.3) is 0 Å². The average molecular weight is 203 g/mol. The quantitative estimate of drug-likeness (QED) is 0.580. The fraction of sp³-hybridized carbons (Fsp3) is 1.00. The minimum atomic E-state index is 0.217. The Morgan fingerprint density at radius 2 is 1.93 bits per heavy atom. The van der Waals surface area contributed by atoms with Gasteiger partial charge in [-0.1, -0.05) is 13.8 Å². The molecule has 0 saturated heterocycles. The molecule has 0 rings (SSSR count). The molecule has 0 fully saturated rings. The van der Waals surface area contributed by atoms with Crippen molar-refractivity contribution in [2.75, 3.05) is 26.4 Å². The van der Waals surface area contributed by atoms with E-state index in [4.69, 9.17) is 9.47 Å². The van der Waals surface area contributed by atoms with Gasteiger partial charge < -0.3 is 14.8 Å². The first-order chi connectivity index (χ1) is 6.66. The van der Waals surface area contributed by atoms with Crippen LogP contribution in [0, 0.1) is 0 Å². The first-order valence-electron chi connectivity index (χ1n) is 5.59. The van der Waals surface area contributed by atoms with Crippen LogP contribution >= 0.6 is 0 Å². The lowest BCUT2D eigenvalue weighted by atomic mass is 10.3. The third-order valence-electron chi connectivity index (χ3n) is 1.83. The number of hydrogen-bond donors (Lipinski definition) is 1. The highest BCUT2D eigenvalue weighted by atomic mass is 16.5. The highest BCUT2D eigenvalue weighted by Crippen LogP contribution is 1.93. The molecule has 0 aromatic heterocycles. The van der Waals surface area contributed by atoms with E-state index in [0.29, 0.717) is 12.6 Å².